The molecule has 0 saturated heterocycles. The van der Waals surface area contributed by atoms with Gasteiger partial charge in [-0.1, -0.05) is 103 Å². The Kier molecular flexibility index (Phi) is 24.8. The third-order valence-electron chi connectivity index (χ3n) is 5.11. The molecule has 5 heteroatoms. The zero-order chi connectivity index (χ0) is 21.3. The Morgan fingerprint density at radius 2 is 0.862 bits per heavy atom. The molecule has 0 amide bonds. The summed E-state index contributed by atoms with van der Waals surface area (Å²) in [5, 5.41) is 8.41. The van der Waals surface area contributed by atoms with Crippen molar-refractivity contribution in [2.75, 3.05) is 39.6 Å². The average molecular weight is 417 g/mol. The van der Waals surface area contributed by atoms with Gasteiger partial charge in [0.2, 0.25) is 0 Å². The molecule has 0 rings (SSSR count). The summed E-state index contributed by atoms with van der Waals surface area (Å²) in [5.41, 5.74) is 0. The Balaban J connectivity index is 2.99. The summed E-state index contributed by atoms with van der Waals surface area (Å²) in [7, 11) is 0. The highest BCUT2D eigenvalue weighted by atomic mass is 16.5. The summed E-state index contributed by atoms with van der Waals surface area (Å²) in [4.78, 5) is 10.2. The number of unbranched alkanes of at least 4 members (excludes halogenated alkanes) is 15. The van der Waals surface area contributed by atoms with Gasteiger partial charge in [0.15, 0.2) is 0 Å². The number of hydrogen-bond acceptors (Lipinski definition) is 4. The minimum atomic E-state index is -0.952. The maximum atomic E-state index is 10.2. The monoisotopic (exact) mass is 416 g/mol. The molecule has 0 aromatic rings. The van der Waals surface area contributed by atoms with Gasteiger partial charge in [-0.05, 0) is 6.42 Å². The number of carbonyl (C=O) groups is 1. The van der Waals surface area contributed by atoms with Crippen LogP contribution in [0.1, 0.15) is 110 Å². The predicted molar refractivity (Wildman–Crippen MR) is 120 cm³/mol. The molecule has 0 aliphatic heterocycles. The van der Waals surface area contributed by atoms with Crippen molar-refractivity contribution < 1.29 is 24.1 Å². The van der Waals surface area contributed by atoms with E-state index in [9.17, 15) is 4.79 Å². The number of aliphatic carboxylic acids is 1. The SMILES string of the molecule is CCCCCCCCCCCCCCCCCCOCCOCCOCC(=O)O. The van der Waals surface area contributed by atoms with Crippen LogP contribution in [0.25, 0.3) is 0 Å². The van der Waals surface area contributed by atoms with Crippen LogP contribution in [0, 0.1) is 0 Å². The lowest BCUT2D eigenvalue weighted by Crippen LogP contribution is -2.13. The molecule has 0 bridgehead atoms. The van der Waals surface area contributed by atoms with Crippen LogP contribution in [-0.2, 0) is 19.0 Å². The van der Waals surface area contributed by atoms with E-state index in [-0.39, 0.29) is 6.61 Å². The molecule has 0 aliphatic rings. The molecule has 0 saturated carbocycles. The van der Waals surface area contributed by atoms with Crippen LogP contribution >= 0.6 is 0 Å². The quantitative estimate of drug-likeness (QED) is 0.175. The molecule has 0 fully saturated rings. The highest BCUT2D eigenvalue weighted by Gasteiger charge is 1.97. The third kappa shape index (κ3) is 27.4. The Hall–Kier alpha value is -0.650. The molecular weight excluding hydrogens is 368 g/mol. The van der Waals surface area contributed by atoms with E-state index in [0.717, 1.165) is 13.0 Å². The van der Waals surface area contributed by atoms with Gasteiger partial charge in [-0.2, -0.15) is 0 Å². The highest BCUT2D eigenvalue weighted by Crippen LogP contribution is 2.13. The van der Waals surface area contributed by atoms with Gasteiger partial charge in [-0.15, -0.1) is 0 Å². The Morgan fingerprint density at radius 3 is 1.28 bits per heavy atom. The van der Waals surface area contributed by atoms with Crippen LogP contribution in [0.15, 0.2) is 0 Å². The lowest BCUT2D eigenvalue weighted by Gasteiger charge is -2.06. The van der Waals surface area contributed by atoms with E-state index in [1.807, 2.05) is 0 Å². The van der Waals surface area contributed by atoms with Gasteiger partial charge in [0.25, 0.3) is 0 Å². The lowest BCUT2D eigenvalue weighted by atomic mass is 10.0. The fraction of sp³-hybridized carbons (Fsp3) is 0.958. The molecule has 0 atom stereocenters. The fourth-order valence-corrected chi connectivity index (χ4v) is 3.35. The minimum absolute atomic E-state index is 0.265. The Morgan fingerprint density at radius 1 is 0.517 bits per heavy atom. The van der Waals surface area contributed by atoms with E-state index in [1.54, 1.807) is 0 Å². The van der Waals surface area contributed by atoms with Crippen molar-refractivity contribution in [3.63, 3.8) is 0 Å². The van der Waals surface area contributed by atoms with Crippen LogP contribution in [-0.4, -0.2) is 50.7 Å². The second-order valence-electron chi connectivity index (χ2n) is 7.97. The van der Waals surface area contributed by atoms with Crippen LogP contribution in [0.4, 0.5) is 0 Å². The first-order valence-corrected chi connectivity index (χ1v) is 12.2. The topological polar surface area (TPSA) is 65.0 Å². The van der Waals surface area contributed by atoms with E-state index < -0.39 is 5.97 Å². The molecule has 0 aromatic heterocycles. The summed E-state index contributed by atoms with van der Waals surface area (Å²) < 4.78 is 15.7. The first-order valence-electron chi connectivity index (χ1n) is 12.2. The molecule has 0 aliphatic carbocycles. The number of carboxylic acid groups (broad SMARTS) is 1. The zero-order valence-electron chi connectivity index (χ0n) is 19.1. The van der Waals surface area contributed by atoms with Gasteiger partial charge in [0, 0.05) is 6.61 Å². The van der Waals surface area contributed by atoms with Gasteiger partial charge < -0.3 is 19.3 Å². The maximum Gasteiger partial charge on any atom is 0.329 e. The maximum absolute atomic E-state index is 10.2. The van der Waals surface area contributed by atoms with E-state index in [0.29, 0.717) is 26.4 Å². The third-order valence-corrected chi connectivity index (χ3v) is 5.11. The van der Waals surface area contributed by atoms with E-state index in [2.05, 4.69) is 6.92 Å². The summed E-state index contributed by atoms with van der Waals surface area (Å²) in [6.07, 6.45) is 22.1. The zero-order valence-corrected chi connectivity index (χ0v) is 19.1. The summed E-state index contributed by atoms with van der Waals surface area (Å²) in [5.74, 6) is -0.952. The fourth-order valence-electron chi connectivity index (χ4n) is 3.35. The van der Waals surface area contributed by atoms with E-state index in [4.69, 9.17) is 19.3 Å². The van der Waals surface area contributed by atoms with Crippen molar-refractivity contribution >= 4 is 5.97 Å². The normalized spacial score (nSPS) is 11.2. The number of hydrogen-bond donors (Lipinski definition) is 1. The molecule has 29 heavy (non-hydrogen) atoms. The van der Waals surface area contributed by atoms with Crippen LogP contribution in [0.2, 0.25) is 0 Å². The van der Waals surface area contributed by atoms with Gasteiger partial charge >= 0.3 is 5.97 Å². The molecule has 0 radical (unpaired) electrons. The van der Waals surface area contributed by atoms with Gasteiger partial charge in [0.1, 0.15) is 6.61 Å². The van der Waals surface area contributed by atoms with Crippen molar-refractivity contribution in [3.8, 4) is 0 Å². The van der Waals surface area contributed by atoms with Gasteiger partial charge in [0.05, 0.1) is 26.4 Å². The van der Waals surface area contributed by atoms with Crippen molar-refractivity contribution in [2.24, 2.45) is 0 Å². The summed E-state index contributed by atoms with van der Waals surface area (Å²) in [6, 6.07) is 0. The smallest absolute Gasteiger partial charge is 0.329 e. The molecule has 5 nitrogen and oxygen atoms in total. The molecule has 0 spiro atoms. The Labute approximate surface area is 179 Å². The largest absolute Gasteiger partial charge is 0.480 e. The van der Waals surface area contributed by atoms with Crippen molar-refractivity contribution in [1.29, 1.82) is 0 Å². The molecule has 0 heterocycles. The van der Waals surface area contributed by atoms with Crippen molar-refractivity contribution in [1.82, 2.24) is 0 Å². The lowest BCUT2D eigenvalue weighted by molar-refractivity contribution is -0.142. The highest BCUT2D eigenvalue weighted by molar-refractivity contribution is 5.67. The summed E-state index contributed by atoms with van der Waals surface area (Å²) in [6.45, 7) is 4.67. The minimum Gasteiger partial charge on any atom is -0.480 e. The van der Waals surface area contributed by atoms with Crippen LogP contribution in [0.5, 0.6) is 0 Å². The van der Waals surface area contributed by atoms with Gasteiger partial charge in [-0.25, -0.2) is 4.79 Å². The van der Waals surface area contributed by atoms with Crippen molar-refractivity contribution in [2.45, 2.75) is 110 Å². The van der Waals surface area contributed by atoms with E-state index >= 15 is 0 Å². The van der Waals surface area contributed by atoms with Crippen LogP contribution in [0.3, 0.4) is 0 Å². The number of rotatable bonds is 25. The second-order valence-corrected chi connectivity index (χ2v) is 7.97. The average Bonchev–Trinajstić information content (AvgIpc) is 2.71. The first-order chi connectivity index (χ1) is 14.3. The summed E-state index contributed by atoms with van der Waals surface area (Å²) >= 11 is 0. The first kappa shape index (κ1) is 28.4. The van der Waals surface area contributed by atoms with E-state index in [1.165, 1.54) is 96.3 Å². The molecular formula is C24H48O5. The number of carboxylic acids is 1. The molecule has 1 N–H and O–H groups in total. The number of ether oxygens (including phenoxy) is 3. The van der Waals surface area contributed by atoms with Gasteiger partial charge in [-0.3, -0.25) is 0 Å². The molecule has 0 aromatic carbocycles. The Bertz CT molecular complexity index is 322. The molecule has 0 unspecified atom stereocenters. The predicted octanol–water partition coefficient (Wildman–Crippen LogP) is 6.38. The second kappa shape index (κ2) is 25.4. The van der Waals surface area contributed by atoms with Crippen molar-refractivity contribution in [3.05, 3.63) is 0 Å². The standard InChI is InChI=1S/C24H48O5/c1-2-3-4-5-6-7-8-9-10-11-12-13-14-15-16-17-18-27-19-20-28-21-22-29-23-24(25)26/h2-23H2,1H3,(H,25,26). The van der Waals surface area contributed by atoms with Crippen LogP contribution < -0.4 is 0 Å². The molecule has 174 valence electrons.